The van der Waals surface area contributed by atoms with Crippen LogP contribution in [0.15, 0.2) is 24.3 Å². The zero-order chi connectivity index (χ0) is 12.8. The largest absolute Gasteiger partial charge is 0.497 e. The Hall–Kier alpha value is -0.770. The average molecular weight is 284 g/mol. The number of hydrogen-bond donors (Lipinski definition) is 1. The van der Waals surface area contributed by atoms with Gasteiger partial charge in [-0.25, -0.2) is 0 Å². The van der Waals surface area contributed by atoms with E-state index in [0.717, 1.165) is 24.2 Å². The summed E-state index contributed by atoms with van der Waals surface area (Å²) in [5.74, 6) is 0.824. The average Bonchev–Trinajstić information content (AvgIpc) is 2.55. The molecule has 2 heterocycles. The molecule has 3 unspecified atom stereocenters. The molecule has 106 valence electrons. The lowest BCUT2D eigenvalue weighted by molar-refractivity contribution is -0.00287. The highest BCUT2D eigenvalue weighted by atomic mass is 35.5. The Balaban J connectivity index is 0.00000133. The van der Waals surface area contributed by atoms with Crippen molar-refractivity contribution in [3.8, 4) is 5.75 Å². The first-order valence-electron chi connectivity index (χ1n) is 6.74. The molecule has 0 radical (unpaired) electrons. The fourth-order valence-corrected chi connectivity index (χ4v) is 3.73. The molecule has 2 saturated heterocycles. The molecule has 3 rings (SSSR count). The highest BCUT2D eigenvalue weighted by molar-refractivity contribution is 5.85. The fourth-order valence-electron chi connectivity index (χ4n) is 3.73. The first-order chi connectivity index (χ1) is 8.65. The summed E-state index contributed by atoms with van der Waals surface area (Å²) in [5.41, 5.74) is 0.299. The highest BCUT2D eigenvalue weighted by Gasteiger charge is 2.52. The second-order valence-corrected chi connectivity index (χ2v) is 5.63. The van der Waals surface area contributed by atoms with Crippen LogP contribution in [0.3, 0.4) is 0 Å². The highest BCUT2D eigenvalue weighted by Crippen LogP contribution is 2.47. The van der Waals surface area contributed by atoms with E-state index in [2.05, 4.69) is 11.9 Å². The Morgan fingerprint density at radius 2 is 2.16 bits per heavy atom. The van der Waals surface area contributed by atoms with Crippen molar-refractivity contribution in [1.82, 2.24) is 4.90 Å². The van der Waals surface area contributed by atoms with Crippen molar-refractivity contribution < 1.29 is 9.84 Å². The summed E-state index contributed by atoms with van der Waals surface area (Å²) in [6.07, 6.45) is 4.37. The molecule has 3 nitrogen and oxygen atoms in total. The zero-order valence-corrected chi connectivity index (χ0v) is 12.3. The summed E-state index contributed by atoms with van der Waals surface area (Å²) < 4.78 is 5.27. The number of benzene rings is 1. The number of likely N-dealkylation sites (N-methyl/N-ethyl adjacent to an activating group) is 1. The third kappa shape index (κ3) is 2.24. The van der Waals surface area contributed by atoms with Crippen molar-refractivity contribution in [1.29, 1.82) is 0 Å². The molecule has 1 N–H and O–H groups in total. The van der Waals surface area contributed by atoms with Gasteiger partial charge < -0.3 is 9.84 Å². The van der Waals surface area contributed by atoms with Gasteiger partial charge in [0.15, 0.2) is 0 Å². The first kappa shape index (κ1) is 14.6. The van der Waals surface area contributed by atoms with Gasteiger partial charge in [-0.05, 0) is 44.0 Å². The molecule has 1 aromatic rings. The van der Waals surface area contributed by atoms with Crippen LogP contribution in [0, 0.1) is 0 Å². The summed E-state index contributed by atoms with van der Waals surface area (Å²) in [7, 11) is 3.81. The van der Waals surface area contributed by atoms with Crippen molar-refractivity contribution in [2.45, 2.75) is 43.4 Å². The molecule has 0 saturated carbocycles. The molecule has 19 heavy (non-hydrogen) atoms. The van der Waals surface area contributed by atoms with Gasteiger partial charge in [0.1, 0.15) is 11.4 Å². The SMILES string of the molecule is COc1cccc(C2(O)CC3CCCC2N3C)c1.Cl. The maximum absolute atomic E-state index is 11.1. The predicted octanol–water partition coefficient (Wildman–Crippen LogP) is 2.56. The molecule has 0 amide bonds. The summed E-state index contributed by atoms with van der Waals surface area (Å²) >= 11 is 0. The van der Waals surface area contributed by atoms with Gasteiger partial charge in [0.05, 0.1) is 7.11 Å². The van der Waals surface area contributed by atoms with E-state index in [9.17, 15) is 5.11 Å². The molecule has 2 fully saturated rings. The van der Waals surface area contributed by atoms with Gasteiger partial charge in [-0.2, -0.15) is 0 Å². The van der Waals surface area contributed by atoms with E-state index in [1.807, 2.05) is 24.3 Å². The van der Waals surface area contributed by atoms with E-state index in [4.69, 9.17) is 4.74 Å². The summed E-state index contributed by atoms with van der Waals surface area (Å²) in [6, 6.07) is 8.68. The van der Waals surface area contributed by atoms with Crippen molar-refractivity contribution in [2.75, 3.05) is 14.2 Å². The Bertz CT molecular complexity index is 454. The van der Waals surface area contributed by atoms with Gasteiger partial charge in [0, 0.05) is 12.1 Å². The van der Waals surface area contributed by atoms with Crippen molar-refractivity contribution in [3.63, 3.8) is 0 Å². The van der Waals surface area contributed by atoms with Gasteiger partial charge in [0.25, 0.3) is 0 Å². The van der Waals surface area contributed by atoms with E-state index in [1.54, 1.807) is 7.11 Å². The van der Waals surface area contributed by atoms with E-state index < -0.39 is 5.60 Å². The molecule has 0 spiro atoms. The normalized spacial score (nSPS) is 33.8. The summed E-state index contributed by atoms with van der Waals surface area (Å²) in [5, 5.41) is 11.1. The topological polar surface area (TPSA) is 32.7 Å². The maximum atomic E-state index is 11.1. The number of hydrogen-bond acceptors (Lipinski definition) is 3. The minimum atomic E-state index is -0.704. The van der Waals surface area contributed by atoms with Gasteiger partial charge in [0.2, 0.25) is 0 Å². The molecule has 4 heteroatoms. The number of nitrogens with zero attached hydrogens (tertiary/aromatic N) is 1. The van der Waals surface area contributed by atoms with Crippen LogP contribution in [0.2, 0.25) is 0 Å². The second-order valence-electron chi connectivity index (χ2n) is 5.63. The molecule has 2 aliphatic rings. The van der Waals surface area contributed by atoms with E-state index in [-0.39, 0.29) is 18.4 Å². The van der Waals surface area contributed by atoms with Crippen LogP contribution in [0.1, 0.15) is 31.2 Å². The number of methoxy groups -OCH3 is 1. The molecular formula is C15H22ClNO2. The van der Waals surface area contributed by atoms with Crippen LogP contribution in [0.4, 0.5) is 0 Å². The molecule has 0 aromatic heterocycles. The minimum Gasteiger partial charge on any atom is -0.497 e. The predicted molar refractivity (Wildman–Crippen MR) is 77.9 cm³/mol. The first-order valence-corrected chi connectivity index (χ1v) is 6.74. The van der Waals surface area contributed by atoms with Gasteiger partial charge in [-0.15, -0.1) is 12.4 Å². The standard InChI is InChI=1S/C15H21NO2.ClH/c1-16-12-6-4-8-14(16)15(17,10-12)11-5-3-7-13(9-11)18-2;/h3,5,7,9,12,14,17H,4,6,8,10H2,1-2H3;1H. The van der Waals surface area contributed by atoms with Crippen LogP contribution in [-0.2, 0) is 5.60 Å². The third-order valence-electron chi connectivity index (χ3n) is 4.75. The van der Waals surface area contributed by atoms with Crippen molar-refractivity contribution >= 4 is 12.4 Å². The second kappa shape index (κ2) is 5.31. The van der Waals surface area contributed by atoms with Gasteiger partial charge >= 0.3 is 0 Å². The maximum Gasteiger partial charge on any atom is 0.119 e. The quantitative estimate of drug-likeness (QED) is 0.905. The minimum absolute atomic E-state index is 0. The van der Waals surface area contributed by atoms with Crippen molar-refractivity contribution in [3.05, 3.63) is 29.8 Å². The van der Waals surface area contributed by atoms with Crippen LogP contribution >= 0.6 is 12.4 Å². The van der Waals surface area contributed by atoms with Crippen LogP contribution < -0.4 is 4.74 Å². The van der Waals surface area contributed by atoms with Crippen LogP contribution in [0.5, 0.6) is 5.75 Å². The lowest BCUT2D eigenvalue weighted by Gasteiger charge is -2.35. The monoisotopic (exact) mass is 283 g/mol. The Labute approximate surface area is 121 Å². The summed E-state index contributed by atoms with van der Waals surface area (Å²) in [6.45, 7) is 0. The van der Waals surface area contributed by atoms with Gasteiger partial charge in [-0.3, -0.25) is 4.90 Å². The summed E-state index contributed by atoms with van der Waals surface area (Å²) in [4.78, 5) is 2.36. The number of piperidine rings is 1. The fraction of sp³-hybridized carbons (Fsp3) is 0.600. The Morgan fingerprint density at radius 3 is 2.84 bits per heavy atom. The molecule has 2 bridgehead atoms. The number of halogens is 1. The van der Waals surface area contributed by atoms with E-state index in [1.165, 1.54) is 12.8 Å². The van der Waals surface area contributed by atoms with Crippen molar-refractivity contribution in [2.24, 2.45) is 0 Å². The van der Waals surface area contributed by atoms with Gasteiger partial charge in [-0.1, -0.05) is 18.6 Å². The van der Waals surface area contributed by atoms with E-state index in [0.29, 0.717) is 6.04 Å². The number of fused-ring (bicyclic) bond motifs is 2. The third-order valence-corrected chi connectivity index (χ3v) is 4.75. The Kier molecular flexibility index (Phi) is 4.09. The molecule has 3 atom stereocenters. The molecule has 1 aromatic carbocycles. The van der Waals surface area contributed by atoms with Crippen LogP contribution in [-0.4, -0.2) is 36.2 Å². The Morgan fingerprint density at radius 1 is 1.37 bits per heavy atom. The van der Waals surface area contributed by atoms with Crippen LogP contribution in [0.25, 0.3) is 0 Å². The lowest BCUT2D eigenvalue weighted by atomic mass is 9.85. The number of aliphatic hydroxyl groups is 1. The molecular weight excluding hydrogens is 262 g/mol. The zero-order valence-electron chi connectivity index (χ0n) is 11.5. The molecule has 0 aliphatic carbocycles. The lowest BCUT2D eigenvalue weighted by Crippen LogP contribution is -2.43. The smallest absolute Gasteiger partial charge is 0.119 e. The number of ether oxygens (including phenoxy) is 1. The van der Waals surface area contributed by atoms with E-state index >= 15 is 0 Å². The molecule has 2 aliphatic heterocycles. The number of rotatable bonds is 2.